The molecule has 2 bridgehead atoms. The molecule has 13 heteroatoms. The zero-order valence-corrected chi connectivity index (χ0v) is 37.7. The summed E-state index contributed by atoms with van der Waals surface area (Å²) in [6.07, 6.45) is 3.62. The van der Waals surface area contributed by atoms with Gasteiger partial charge in [0.1, 0.15) is 41.1 Å². The summed E-state index contributed by atoms with van der Waals surface area (Å²) in [6, 6.07) is 18.6. The monoisotopic (exact) mass is 886 g/mol. The summed E-state index contributed by atoms with van der Waals surface area (Å²) in [5, 5.41) is 65.7. The summed E-state index contributed by atoms with van der Waals surface area (Å²) in [7, 11) is 1.83. The highest BCUT2D eigenvalue weighted by Crippen LogP contribution is 2.58. The first kappa shape index (κ1) is 44.9. The summed E-state index contributed by atoms with van der Waals surface area (Å²) >= 11 is 0. The second kappa shape index (κ2) is 18.5. The summed E-state index contributed by atoms with van der Waals surface area (Å²) in [5.41, 5.74) is 6.59. The van der Waals surface area contributed by atoms with Crippen molar-refractivity contribution in [2.75, 3.05) is 40.2 Å². The molecule has 3 aliphatic heterocycles. The van der Waals surface area contributed by atoms with Gasteiger partial charge in [-0.1, -0.05) is 43.9 Å². The zero-order chi connectivity index (χ0) is 45.5. The lowest BCUT2D eigenvalue weighted by Gasteiger charge is -2.49. The fraction of sp³-hybridized carbons (Fsp3) is 0.462. The Labute approximate surface area is 380 Å². The Hall–Kier alpha value is -5.30. The van der Waals surface area contributed by atoms with Crippen molar-refractivity contribution in [2.45, 2.75) is 107 Å². The molecule has 13 nitrogen and oxygen atoms in total. The highest BCUT2D eigenvalue weighted by atomic mass is 16.6. The smallest absolute Gasteiger partial charge is 0.161 e. The van der Waals surface area contributed by atoms with E-state index in [9.17, 15) is 25.5 Å². The van der Waals surface area contributed by atoms with Gasteiger partial charge in [-0.15, -0.1) is 0 Å². The standard InChI is InChI=1S/C52H62N4O9/c1-30(2)23-51(3,61)27-54-28-56-46-7-5-6-36(25-57)63-45-21-33(9-15-44(45)60)50-52(46,62-29-53-4)24-42-41-20-34(19-31-8-14-43-32(18-31)16-17-55-43)40-22-35(59)10-12-38(40)47(41)49-39(48(42)65-50)13-11-37(26-58)64-49/h8-10,12,14-18,21-22,30,34,36-37,46,50,53-61H,6,11,13,19-20,23-29H2,1-4H3/t34-,36+,37+,46-,50-,51+,52+/m1/s1. The molecule has 9 rings (SSSR count). The van der Waals surface area contributed by atoms with Crippen LogP contribution in [0.1, 0.15) is 85.4 Å². The van der Waals surface area contributed by atoms with Gasteiger partial charge in [-0.25, -0.2) is 0 Å². The number of phenols is 2. The van der Waals surface area contributed by atoms with Crippen LogP contribution < -0.4 is 30.2 Å². The van der Waals surface area contributed by atoms with Crippen LogP contribution in [0.2, 0.25) is 0 Å². The lowest BCUT2D eigenvalue weighted by atomic mass is 9.69. The third-order valence-electron chi connectivity index (χ3n) is 13.5. The van der Waals surface area contributed by atoms with Gasteiger partial charge in [0.25, 0.3) is 0 Å². The van der Waals surface area contributed by atoms with Crippen LogP contribution in [-0.2, 0) is 30.4 Å². The van der Waals surface area contributed by atoms with Crippen LogP contribution in [0, 0.1) is 17.8 Å². The zero-order valence-electron chi connectivity index (χ0n) is 37.7. The van der Waals surface area contributed by atoms with Crippen molar-refractivity contribution >= 4 is 10.9 Å². The molecule has 0 spiro atoms. The van der Waals surface area contributed by atoms with E-state index in [1.807, 2.05) is 38.4 Å². The van der Waals surface area contributed by atoms with E-state index in [1.54, 1.807) is 18.2 Å². The number of aromatic hydroxyl groups is 2. The second-order valence-corrected chi connectivity index (χ2v) is 19.0. The van der Waals surface area contributed by atoms with Crippen molar-refractivity contribution in [1.82, 2.24) is 20.9 Å². The first-order chi connectivity index (χ1) is 31.4. The number of rotatable bonds is 14. The van der Waals surface area contributed by atoms with Crippen molar-refractivity contribution in [3.63, 3.8) is 0 Å². The van der Waals surface area contributed by atoms with E-state index in [0.717, 1.165) is 44.3 Å². The van der Waals surface area contributed by atoms with Crippen molar-refractivity contribution < 1.29 is 44.5 Å². The van der Waals surface area contributed by atoms with E-state index < -0.39 is 35.6 Å². The maximum absolute atomic E-state index is 11.2. The van der Waals surface area contributed by atoms with Crippen LogP contribution >= 0.6 is 0 Å². The number of hydrogen-bond acceptors (Lipinski definition) is 12. The third-order valence-corrected chi connectivity index (χ3v) is 13.5. The summed E-state index contributed by atoms with van der Waals surface area (Å²) in [4.78, 5) is 3.31. The second-order valence-electron chi connectivity index (χ2n) is 19.0. The molecule has 0 unspecified atom stereocenters. The predicted molar refractivity (Wildman–Crippen MR) is 249 cm³/mol. The van der Waals surface area contributed by atoms with Gasteiger partial charge in [0, 0.05) is 54.5 Å². The number of aromatic nitrogens is 1. The van der Waals surface area contributed by atoms with Gasteiger partial charge in [0.05, 0.1) is 25.5 Å². The molecular weight excluding hydrogens is 825 g/mol. The molecule has 4 heterocycles. The van der Waals surface area contributed by atoms with E-state index in [4.69, 9.17) is 18.9 Å². The molecule has 1 aliphatic carbocycles. The molecule has 4 aliphatic rings. The van der Waals surface area contributed by atoms with Crippen LogP contribution in [0.4, 0.5) is 0 Å². The number of aliphatic hydroxyl groups excluding tert-OH is 2. The minimum absolute atomic E-state index is 0.0383. The van der Waals surface area contributed by atoms with Crippen molar-refractivity contribution in [3.05, 3.63) is 100 Å². The summed E-state index contributed by atoms with van der Waals surface area (Å²) < 4.78 is 27.7. The molecule has 0 saturated carbocycles. The van der Waals surface area contributed by atoms with Crippen molar-refractivity contribution in [1.29, 1.82) is 0 Å². The SMILES string of the molecule is CNCO[C@]12Cc3c4c(c5c(c3O[C@@H]1c1ccc(O)c(c1)O[C@H](CO)CC#C[C@H]2NCNC[C@@](C)(O)CC(C)C)CC[C@@H](CO)O5)-c1ccc(O)cc1[C@H](Cc1ccc2[nH]ccc2c1)C4. The Morgan fingerprint density at radius 1 is 0.954 bits per heavy atom. The Balaban J connectivity index is 1.23. The lowest BCUT2D eigenvalue weighted by molar-refractivity contribution is -0.141. The van der Waals surface area contributed by atoms with Gasteiger partial charge in [-0.05, 0) is 134 Å². The Bertz CT molecular complexity index is 2600. The summed E-state index contributed by atoms with van der Waals surface area (Å²) in [5.74, 6) is 8.78. The molecule has 0 fully saturated rings. The fourth-order valence-electron chi connectivity index (χ4n) is 10.7. The van der Waals surface area contributed by atoms with E-state index in [1.165, 1.54) is 5.56 Å². The Morgan fingerprint density at radius 3 is 2.60 bits per heavy atom. The van der Waals surface area contributed by atoms with Crippen LogP contribution in [0.3, 0.4) is 0 Å². The number of phenolic OH excluding ortho intramolecular Hbond substituents is 2. The molecule has 7 atom stereocenters. The number of nitrogens with one attached hydrogen (secondary N) is 4. The van der Waals surface area contributed by atoms with Gasteiger partial charge in [-0.2, -0.15) is 0 Å². The molecule has 65 heavy (non-hydrogen) atoms. The number of hydrogen-bond donors (Lipinski definition) is 9. The highest BCUT2D eigenvalue weighted by Gasteiger charge is 2.54. The van der Waals surface area contributed by atoms with Gasteiger partial charge in [-0.3, -0.25) is 10.6 Å². The van der Waals surface area contributed by atoms with Crippen LogP contribution in [-0.4, -0.2) is 100 Å². The van der Waals surface area contributed by atoms with Crippen molar-refractivity contribution in [3.8, 4) is 51.7 Å². The third kappa shape index (κ3) is 8.89. The van der Waals surface area contributed by atoms with E-state index in [-0.39, 0.29) is 56.2 Å². The molecule has 5 aromatic rings. The lowest BCUT2D eigenvalue weighted by Crippen LogP contribution is -2.62. The maximum Gasteiger partial charge on any atom is 0.161 e. The molecule has 4 aromatic carbocycles. The predicted octanol–water partition coefficient (Wildman–Crippen LogP) is 5.87. The topological polar surface area (TPSA) is 190 Å². The average molecular weight is 887 g/mol. The number of H-pyrrole nitrogens is 1. The molecule has 0 saturated heterocycles. The van der Waals surface area contributed by atoms with E-state index in [0.29, 0.717) is 68.1 Å². The minimum atomic E-state index is -1.23. The number of ether oxygens (including phenoxy) is 4. The molecule has 9 N–H and O–H groups in total. The van der Waals surface area contributed by atoms with Gasteiger partial charge >= 0.3 is 0 Å². The Morgan fingerprint density at radius 2 is 1.80 bits per heavy atom. The number of aromatic amines is 1. The number of benzene rings is 4. The first-order valence-corrected chi connectivity index (χ1v) is 23.0. The quantitative estimate of drug-likeness (QED) is 0.0367. The number of aliphatic hydroxyl groups is 3. The molecule has 0 radical (unpaired) electrons. The van der Waals surface area contributed by atoms with Gasteiger partial charge in [0.15, 0.2) is 17.6 Å². The van der Waals surface area contributed by atoms with Crippen molar-refractivity contribution in [2.24, 2.45) is 5.92 Å². The first-order valence-electron chi connectivity index (χ1n) is 23.0. The number of fused-ring (bicyclic) bond motifs is 13. The fourth-order valence-corrected chi connectivity index (χ4v) is 10.7. The van der Waals surface area contributed by atoms with E-state index in [2.05, 4.69) is 70.9 Å². The summed E-state index contributed by atoms with van der Waals surface area (Å²) in [6.45, 7) is 6.33. The Kier molecular flexibility index (Phi) is 12.8. The highest BCUT2D eigenvalue weighted by molar-refractivity contribution is 5.85. The van der Waals surface area contributed by atoms with Gasteiger partial charge < -0.3 is 54.8 Å². The maximum atomic E-state index is 11.2. The largest absolute Gasteiger partial charge is 0.508 e. The average Bonchev–Trinajstić information content (AvgIpc) is 3.76. The molecular formula is C52H62N4O9. The van der Waals surface area contributed by atoms with Gasteiger partial charge in [0.2, 0.25) is 0 Å². The molecule has 0 amide bonds. The van der Waals surface area contributed by atoms with Crippen LogP contribution in [0.25, 0.3) is 22.0 Å². The molecule has 344 valence electrons. The normalized spacial score (nSPS) is 24.0. The van der Waals surface area contributed by atoms with Crippen LogP contribution in [0.15, 0.2) is 66.9 Å². The van der Waals surface area contributed by atoms with E-state index >= 15 is 0 Å². The molecule has 1 aromatic heterocycles. The van der Waals surface area contributed by atoms with Crippen LogP contribution in [0.5, 0.6) is 28.7 Å². The minimum Gasteiger partial charge on any atom is -0.508 e.